The second-order valence-corrected chi connectivity index (χ2v) is 8.11. The number of nitrogens with one attached hydrogen (secondary N) is 1. The van der Waals surface area contributed by atoms with E-state index in [-0.39, 0.29) is 18.5 Å². The van der Waals surface area contributed by atoms with E-state index in [0.29, 0.717) is 5.56 Å². The van der Waals surface area contributed by atoms with Gasteiger partial charge in [-0.05, 0) is 24.1 Å². The number of fused-ring (bicyclic) bond motifs is 1. The van der Waals surface area contributed by atoms with Crippen molar-refractivity contribution < 1.29 is 35.2 Å². The quantitative estimate of drug-likeness (QED) is 0.736. The van der Waals surface area contributed by atoms with Crippen LogP contribution >= 0.6 is 0 Å². The minimum Gasteiger partial charge on any atom is -0.330 e. The van der Waals surface area contributed by atoms with E-state index in [1.807, 2.05) is 0 Å². The maximum absolute atomic E-state index is 14.2. The van der Waals surface area contributed by atoms with Crippen LogP contribution in [-0.4, -0.2) is 37.8 Å². The normalized spacial score (nSPS) is 15.9. The van der Waals surface area contributed by atoms with E-state index in [1.54, 1.807) is 18.2 Å². The Morgan fingerprint density at radius 1 is 1.03 bits per heavy atom. The zero-order valence-electron chi connectivity index (χ0n) is 14.7. The highest BCUT2D eigenvalue weighted by Crippen LogP contribution is 2.31. The predicted octanol–water partition coefficient (Wildman–Crippen LogP) is 3.14. The molecule has 5 nitrogen and oxygen atoms in total. The van der Waals surface area contributed by atoms with E-state index in [2.05, 4.69) is 0 Å². The summed E-state index contributed by atoms with van der Waals surface area (Å²) in [6, 6.07) is 8.27. The van der Waals surface area contributed by atoms with Gasteiger partial charge in [-0.1, -0.05) is 30.3 Å². The first-order chi connectivity index (χ1) is 13.5. The molecule has 1 amide bonds. The number of nitrogens with zero attached hydrogens (tertiary/aromatic N) is 1. The first-order valence-electron chi connectivity index (χ1n) is 8.41. The molecule has 0 spiro atoms. The second kappa shape index (κ2) is 7.71. The van der Waals surface area contributed by atoms with Crippen LogP contribution in [0, 0.1) is 11.6 Å². The highest BCUT2D eigenvalue weighted by atomic mass is 32.2. The van der Waals surface area contributed by atoms with Crippen molar-refractivity contribution in [2.45, 2.75) is 18.0 Å². The number of benzene rings is 2. The van der Waals surface area contributed by atoms with E-state index >= 15 is 0 Å². The Labute approximate surface area is 163 Å². The van der Waals surface area contributed by atoms with E-state index in [1.165, 1.54) is 16.9 Å². The van der Waals surface area contributed by atoms with Gasteiger partial charge in [-0.15, -0.1) is 0 Å². The van der Waals surface area contributed by atoms with Gasteiger partial charge in [-0.2, -0.15) is 13.2 Å². The molecular formula is C18H15F5N2O3S. The molecule has 156 valence electrons. The predicted molar refractivity (Wildman–Crippen MR) is 93.3 cm³/mol. The fourth-order valence-electron chi connectivity index (χ4n) is 3.20. The summed E-state index contributed by atoms with van der Waals surface area (Å²) in [6.07, 6.45) is -0.0694. The minimum absolute atomic E-state index is 0.0694. The Hall–Kier alpha value is -2.53. The summed E-state index contributed by atoms with van der Waals surface area (Å²) >= 11 is 0. The van der Waals surface area contributed by atoms with Gasteiger partial charge in [0.05, 0.1) is 11.6 Å². The molecule has 2 aromatic rings. The molecule has 1 N–H and O–H groups in total. The van der Waals surface area contributed by atoms with Crippen LogP contribution in [0.4, 0.5) is 22.0 Å². The maximum atomic E-state index is 14.2. The molecule has 1 aliphatic heterocycles. The molecule has 2 aromatic carbocycles. The summed E-state index contributed by atoms with van der Waals surface area (Å²) in [5, 5.41) is 0. The third-order valence-corrected chi connectivity index (χ3v) is 5.77. The molecule has 0 aliphatic carbocycles. The average molecular weight is 434 g/mol. The van der Waals surface area contributed by atoms with Crippen molar-refractivity contribution >= 4 is 15.9 Å². The Bertz CT molecular complexity index is 1030. The number of carbonyl (C=O) groups excluding carboxylic acids is 1. The van der Waals surface area contributed by atoms with Crippen LogP contribution in [0.3, 0.4) is 0 Å². The molecule has 0 bridgehead atoms. The fourth-order valence-corrected chi connectivity index (χ4v) is 3.74. The van der Waals surface area contributed by atoms with E-state index < -0.39 is 51.2 Å². The molecule has 0 saturated carbocycles. The molecule has 11 heteroatoms. The molecule has 1 unspecified atom stereocenters. The van der Waals surface area contributed by atoms with Crippen molar-refractivity contribution in [1.82, 2.24) is 9.62 Å². The van der Waals surface area contributed by atoms with Crippen LogP contribution in [0.2, 0.25) is 0 Å². The van der Waals surface area contributed by atoms with Gasteiger partial charge in [0.1, 0.15) is 11.6 Å². The van der Waals surface area contributed by atoms with Gasteiger partial charge in [0, 0.05) is 18.7 Å². The summed E-state index contributed by atoms with van der Waals surface area (Å²) in [6.45, 7) is -0.913. The van der Waals surface area contributed by atoms with Gasteiger partial charge in [0.25, 0.3) is 5.91 Å². The number of hydrogen-bond acceptors (Lipinski definition) is 3. The lowest BCUT2D eigenvalue weighted by atomic mass is 9.94. The van der Waals surface area contributed by atoms with Gasteiger partial charge in [-0.25, -0.2) is 21.9 Å². The molecular weight excluding hydrogens is 419 g/mol. The van der Waals surface area contributed by atoms with E-state index in [4.69, 9.17) is 0 Å². The van der Waals surface area contributed by atoms with Crippen molar-refractivity contribution in [2.75, 3.05) is 13.1 Å². The lowest BCUT2D eigenvalue weighted by Crippen LogP contribution is -2.47. The summed E-state index contributed by atoms with van der Waals surface area (Å²) in [5.74, 6) is -2.65. The zero-order chi connectivity index (χ0) is 21.4. The van der Waals surface area contributed by atoms with E-state index in [0.717, 1.165) is 17.0 Å². The largest absolute Gasteiger partial charge is 0.511 e. The van der Waals surface area contributed by atoms with Gasteiger partial charge in [0.2, 0.25) is 0 Å². The van der Waals surface area contributed by atoms with Crippen LogP contribution < -0.4 is 4.72 Å². The number of sulfonamides is 1. The molecule has 0 saturated heterocycles. The minimum atomic E-state index is -5.65. The summed E-state index contributed by atoms with van der Waals surface area (Å²) in [5.41, 5.74) is -5.81. The average Bonchev–Trinajstić information content (AvgIpc) is 2.66. The number of carbonyl (C=O) groups is 1. The van der Waals surface area contributed by atoms with Crippen LogP contribution in [0.15, 0.2) is 42.5 Å². The maximum Gasteiger partial charge on any atom is 0.511 e. The Morgan fingerprint density at radius 3 is 2.28 bits per heavy atom. The molecule has 1 heterocycles. The second-order valence-electron chi connectivity index (χ2n) is 6.36. The smallest absolute Gasteiger partial charge is 0.330 e. The lowest BCUT2D eigenvalue weighted by molar-refractivity contribution is -0.0448. The summed E-state index contributed by atoms with van der Waals surface area (Å²) < 4.78 is 90.4. The van der Waals surface area contributed by atoms with Crippen LogP contribution in [0.1, 0.15) is 27.5 Å². The lowest BCUT2D eigenvalue weighted by Gasteiger charge is -2.36. The standard InChI is InChI=1S/C18H15F5N2O3S/c19-13-6-7-14(20)16-12(13)8-9-25(17(16)26)15(11-4-2-1-3-5-11)10-24-29(27,28)18(21,22)23/h1-7,15,24H,8-10H2. The first kappa shape index (κ1) is 21.2. The first-order valence-corrected chi connectivity index (χ1v) is 9.90. The van der Waals surface area contributed by atoms with Crippen molar-refractivity contribution in [3.05, 3.63) is 70.8 Å². The molecule has 0 radical (unpaired) electrons. The molecule has 1 aliphatic rings. The van der Waals surface area contributed by atoms with Crippen molar-refractivity contribution in [1.29, 1.82) is 0 Å². The van der Waals surface area contributed by atoms with Gasteiger partial charge >= 0.3 is 15.5 Å². The van der Waals surface area contributed by atoms with E-state index in [9.17, 15) is 35.2 Å². The van der Waals surface area contributed by atoms with Gasteiger partial charge < -0.3 is 4.90 Å². The summed E-state index contributed by atoms with van der Waals surface area (Å²) in [7, 11) is -5.65. The molecule has 29 heavy (non-hydrogen) atoms. The zero-order valence-corrected chi connectivity index (χ0v) is 15.5. The summed E-state index contributed by atoms with van der Waals surface area (Å²) in [4.78, 5) is 13.9. The molecule has 3 rings (SSSR count). The van der Waals surface area contributed by atoms with Crippen LogP contribution in [-0.2, 0) is 16.4 Å². The third kappa shape index (κ3) is 4.10. The van der Waals surface area contributed by atoms with Gasteiger partial charge in [-0.3, -0.25) is 4.79 Å². The molecule has 0 aromatic heterocycles. The Balaban J connectivity index is 1.97. The monoisotopic (exact) mass is 434 g/mol. The van der Waals surface area contributed by atoms with Gasteiger partial charge in [0.15, 0.2) is 0 Å². The van der Waals surface area contributed by atoms with Crippen molar-refractivity contribution in [2.24, 2.45) is 0 Å². The Morgan fingerprint density at radius 2 is 1.66 bits per heavy atom. The molecule has 0 fully saturated rings. The van der Waals surface area contributed by atoms with Crippen LogP contribution in [0.25, 0.3) is 0 Å². The molecule has 1 atom stereocenters. The Kier molecular flexibility index (Phi) is 5.63. The number of hydrogen-bond donors (Lipinski definition) is 1. The third-order valence-electron chi connectivity index (χ3n) is 4.61. The highest BCUT2D eigenvalue weighted by Gasteiger charge is 2.46. The number of halogens is 5. The number of rotatable bonds is 5. The van der Waals surface area contributed by atoms with Crippen molar-refractivity contribution in [3.63, 3.8) is 0 Å². The topological polar surface area (TPSA) is 66.5 Å². The number of amides is 1. The highest BCUT2D eigenvalue weighted by molar-refractivity contribution is 7.90. The SMILES string of the molecule is O=C1c2c(F)ccc(F)c2CCN1C(CNS(=O)(=O)C(F)(F)F)c1ccccc1. The fraction of sp³-hybridized carbons (Fsp3) is 0.278. The van der Waals surface area contributed by atoms with Crippen LogP contribution in [0.5, 0.6) is 0 Å². The number of alkyl halides is 3. The van der Waals surface area contributed by atoms with Crippen molar-refractivity contribution in [3.8, 4) is 0 Å².